The van der Waals surface area contributed by atoms with Crippen molar-refractivity contribution in [3.8, 4) is 0 Å². The maximum atomic E-state index is 14.5. The minimum absolute atomic E-state index is 0.150. The summed E-state index contributed by atoms with van der Waals surface area (Å²) in [5, 5.41) is 2.94. The molecule has 35 heavy (non-hydrogen) atoms. The predicted molar refractivity (Wildman–Crippen MR) is 131 cm³/mol. The summed E-state index contributed by atoms with van der Waals surface area (Å²) in [7, 11) is 1.95. The van der Waals surface area contributed by atoms with Gasteiger partial charge in [-0.1, -0.05) is 13.8 Å². The predicted octanol–water partition coefficient (Wildman–Crippen LogP) is 4.48. The third kappa shape index (κ3) is 7.53. The molecular weight excluding hydrogens is 453 g/mol. The van der Waals surface area contributed by atoms with Crippen molar-refractivity contribution in [1.82, 2.24) is 14.9 Å². The maximum Gasteiger partial charge on any atom is 0.409 e. The normalized spacial score (nSPS) is 14.1. The van der Waals surface area contributed by atoms with Crippen molar-refractivity contribution in [1.29, 1.82) is 0 Å². The average Bonchev–Trinajstić information content (AvgIpc) is 2.84. The molecule has 1 aromatic heterocycles. The van der Waals surface area contributed by atoms with Crippen molar-refractivity contribution in [2.75, 3.05) is 50.1 Å². The smallest absolute Gasteiger partial charge is 0.409 e. The Hall–Kier alpha value is -3.43. The molecule has 0 saturated carbocycles. The molecule has 10 heteroatoms. The number of esters is 1. The van der Waals surface area contributed by atoms with Gasteiger partial charge in [-0.25, -0.2) is 23.9 Å². The summed E-state index contributed by atoms with van der Waals surface area (Å²) in [4.78, 5) is 36.3. The highest BCUT2D eigenvalue weighted by molar-refractivity contribution is 5.90. The van der Waals surface area contributed by atoms with E-state index in [0.717, 1.165) is 25.5 Å². The molecule has 1 aromatic carbocycles. The van der Waals surface area contributed by atoms with Crippen LogP contribution in [0.5, 0.6) is 0 Å². The van der Waals surface area contributed by atoms with Crippen LogP contribution in [0.2, 0.25) is 0 Å². The summed E-state index contributed by atoms with van der Waals surface area (Å²) in [6.07, 6.45) is 2.95. The number of hydrogen-bond acceptors (Lipinski definition) is 8. The van der Waals surface area contributed by atoms with E-state index in [1.165, 1.54) is 18.5 Å². The lowest BCUT2D eigenvalue weighted by atomic mass is 9.96. The quantitative estimate of drug-likeness (QED) is 0.517. The van der Waals surface area contributed by atoms with Crippen LogP contribution in [-0.4, -0.2) is 66.8 Å². The lowest BCUT2D eigenvalue weighted by Crippen LogP contribution is -2.41. The third-order valence-electron chi connectivity index (χ3n) is 5.73. The highest BCUT2D eigenvalue weighted by atomic mass is 19.1. The van der Waals surface area contributed by atoms with Crippen molar-refractivity contribution in [2.45, 2.75) is 33.6 Å². The van der Waals surface area contributed by atoms with Crippen LogP contribution in [0, 0.1) is 17.7 Å². The molecule has 9 nitrogen and oxygen atoms in total. The Labute approximate surface area is 205 Å². The zero-order chi connectivity index (χ0) is 25.4. The Balaban J connectivity index is 1.54. The van der Waals surface area contributed by atoms with Crippen LogP contribution < -0.4 is 10.2 Å². The van der Waals surface area contributed by atoms with E-state index >= 15 is 0 Å². The Bertz CT molecular complexity index is 1010. The van der Waals surface area contributed by atoms with Gasteiger partial charge in [0.05, 0.1) is 24.5 Å². The van der Waals surface area contributed by atoms with Crippen LogP contribution in [-0.2, 0) is 9.47 Å². The topological polar surface area (TPSA) is 96.9 Å². The van der Waals surface area contributed by atoms with E-state index in [4.69, 9.17) is 9.47 Å². The van der Waals surface area contributed by atoms with Crippen LogP contribution in [0.3, 0.4) is 0 Å². The second-order valence-corrected chi connectivity index (χ2v) is 9.08. The van der Waals surface area contributed by atoms with Gasteiger partial charge in [0.2, 0.25) is 0 Å². The number of rotatable bonds is 9. The largest absolute Gasteiger partial charge is 0.462 e. The summed E-state index contributed by atoms with van der Waals surface area (Å²) in [6, 6.07) is 5.87. The minimum atomic E-state index is -0.581. The van der Waals surface area contributed by atoms with Crippen LogP contribution in [0.4, 0.5) is 26.5 Å². The number of benzene rings is 1. The Morgan fingerprint density at radius 1 is 1.20 bits per heavy atom. The van der Waals surface area contributed by atoms with Gasteiger partial charge in [-0.3, -0.25) is 0 Å². The van der Waals surface area contributed by atoms with Gasteiger partial charge < -0.3 is 24.6 Å². The Morgan fingerprint density at radius 3 is 2.60 bits per heavy atom. The third-order valence-corrected chi connectivity index (χ3v) is 5.73. The fourth-order valence-corrected chi connectivity index (χ4v) is 3.83. The fourth-order valence-electron chi connectivity index (χ4n) is 3.83. The molecule has 1 aliphatic rings. The number of carbonyl (C=O) groups excluding carboxylic acids is 2. The molecule has 1 aliphatic heterocycles. The molecule has 1 saturated heterocycles. The number of anilines is 3. The fraction of sp³-hybridized carbons (Fsp3) is 0.520. The molecule has 0 spiro atoms. The Kier molecular flexibility index (Phi) is 9.22. The minimum Gasteiger partial charge on any atom is -0.462 e. The standard InChI is InChI=1S/C25H34FN5O4/c1-5-34-24(32)19-6-7-21(20(26)12-19)29-22-13-23(28-16-27-22)30(4)14-18-8-10-31(11-9-18)25(33)35-15-17(2)3/h6-7,12-13,16-18H,5,8-11,14-15H2,1-4H3,(H,27,28,29). The van der Waals surface area contributed by atoms with Gasteiger partial charge in [-0.05, 0) is 49.8 Å². The molecule has 1 fully saturated rings. The number of ether oxygens (including phenoxy) is 2. The first-order valence-corrected chi connectivity index (χ1v) is 11.9. The van der Waals surface area contributed by atoms with Crippen LogP contribution in [0.25, 0.3) is 0 Å². The highest BCUT2D eigenvalue weighted by Gasteiger charge is 2.25. The van der Waals surface area contributed by atoms with Gasteiger partial charge in [0.15, 0.2) is 0 Å². The van der Waals surface area contributed by atoms with E-state index in [2.05, 4.69) is 15.3 Å². The first kappa shape index (κ1) is 26.2. The first-order chi connectivity index (χ1) is 16.8. The van der Waals surface area contributed by atoms with E-state index in [9.17, 15) is 14.0 Å². The van der Waals surface area contributed by atoms with Gasteiger partial charge >= 0.3 is 12.1 Å². The van der Waals surface area contributed by atoms with Gasteiger partial charge in [-0.2, -0.15) is 0 Å². The van der Waals surface area contributed by atoms with Crippen molar-refractivity contribution in [2.24, 2.45) is 11.8 Å². The number of likely N-dealkylation sites (tertiary alicyclic amines) is 1. The number of amides is 1. The second-order valence-electron chi connectivity index (χ2n) is 9.08. The molecule has 1 N–H and O–H groups in total. The molecule has 2 heterocycles. The molecule has 2 aromatic rings. The molecule has 0 bridgehead atoms. The van der Waals surface area contributed by atoms with Crippen molar-refractivity contribution < 1.29 is 23.5 Å². The van der Waals surface area contributed by atoms with Crippen molar-refractivity contribution >= 4 is 29.4 Å². The first-order valence-electron chi connectivity index (χ1n) is 11.9. The SMILES string of the molecule is CCOC(=O)c1ccc(Nc2cc(N(C)CC3CCN(C(=O)OCC(C)C)CC3)ncn2)c(F)c1. The number of hydrogen-bond donors (Lipinski definition) is 1. The highest BCUT2D eigenvalue weighted by Crippen LogP contribution is 2.24. The summed E-state index contributed by atoms with van der Waals surface area (Å²) >= 11 is 0. The maximum absolute atomic E-state index is 14.5. The molecule has 0 atom stereocenters. The zero-order valence-corrected chi connectivity index (χ0v) is 20.8. The summed E-state index contributed by atoms with van der Waals surface area (Å²) in [5.41, 5.74) is 0.347. The van der Waals surface area contributed by atoms with Gasteiger partial charge in [0, 0.05) is 32.7 Å². The molecule has 0 radical (unpaired) electrons. The zero-order valence-electron chi connectivity index (χ0n) is 20.8. The summed E-state index contributed by atoms with van der Waals surface area (Å²) in [5.74, 6) is 0.716. The number of piperidine rings is 1. The molecule has 0 unspecified atom stereocenters. The summed E-state index contributed by atoms with van der Waals surface area (Å²) < 4.78 is 24.8. The van der Waals surface area contributed by atoms with Gasteiger partial charge in [-0.15, -0.1) is 0 Å². The van der Waals surface area contributed by atoms with Crippen LogP contribution in [0.1, 0.15) is 44.0 Å². The number of nitrogens with one attached hydrogen (secondary N) is 1. The lowest BCUT2D eigenvalue weighted by molar-refractivity contribution is 0.0525. The van der Waals surface area contributed by atoms with Gasteiger partial charge in [0.25, 0.3) is 0 Å². The van der Waals surface area contributed by atoms with E-state index < -0.39 is 11.8 Å². The lowest BCUT2D eigenvalue weighted by Gasteiger charge is -2.33. The monoisotopic (exact) mass is 487 g/mol. The molecule has 0 aliphatic carbocycles. The average molecular weight is 488 g/mol. The van der Waals surface area contributed by atoms with E-state index in [-0.39, 0.29) is 24.0 Å². The van der Waals surface area contributed by atoms with Crippen LogP contribution >= 0.6 is 0 Å². The number of nitrogens with zero attached hydrogens (tertiary/aromatic N) is 4. The number of carbonyl (C=O) groups is 2. The molecule has 3 rings (SSSR count). The molecule has 190 valence electrons. The number of halogens is 1. The summed E-state index contributed by atoms with van der Waals surface area (Å²) in [6.45, 7) is 8.51. The van der Waals surface area contributed by atoms with Gasteiger partial charge in [0.1, 0.15) is 23.8 Å². The van der Waals surface area contributed by atoms with E-state index in [1.807, 2.05) is 25.8 Å². The van der Waals surface area contributed by atoms with E-state index in [1.54, 1.807) is 17.9 Å². The van der Waals surface area contributed by atoms with Crippen molar-refractivity contribution in [3.05, 3.63) is 42.0 Å². The molecular formula is C25H34FN5O4. The van der Waals surface area contributed by atoms with Crippen LogP contribution in [0.15, 0.2) is 30.6 Å². The Morgan fingerprint density at radius 2 is 1.94 bits per heavy atom. The second kappa shape index (κ2) is 12.3. The molecule has 1 amide bonds. The van der Waals surface area contributed by atoms with E-state index in [0.29, 0.717) is 43.2 Å². The number of aromatic nitrogens is 2. The van der Waals surface area contributed by atoms with Crippen molar-refractivity contribution in [3.63, 3.8) is 0 Å².